The highest BCUT2D eigenvalue weighted by atomic mass is 16.4. The smallest absolute Gasteiger partial charge is 0.311 e. The van der Waals surface area contributed by atoms with Crippen LogP contribution in [0.4, 0.5) is 0 Å². The van der Waals surface area contributed by atoms with Crippen molar-refractivity contribution in [1.29, 1.82) is 0 Å². The van der Waals surface area contributed by atoms with Crippen molar-refractivity contribution in [3.05, 3.63) is 47.8 Å². The molecular formula is C18H19N3O3. The van der Waals surface area contributed by atoms with Crippen molar-refractivity contribution in [2.24, 2.45) is 5.41 Å². The van der Waals surface area contributed by atoms with E-state index in [4.69, 9.17) is 0 Å². The predicted octanol–water partition coefficient (Wildman–Crippen LogP) is 2.39. The average Bonchev–Trinajstić information content (AvgIpc) is 2.99. The summed E-state index contributed by atoms with van der Waals surface area (Å²) < 4.78 is 0. The molecular weight excluding hydrogens is 306 g/mol. The fraction of sp³-hybridized carbons (Fsp3) is 0.333. The van der Waals surface area contributed by atoms with Crippen LogP contribution in [-0.2, 0) is 4.79 Å². The summed E-state index contributed by atoms with van der Waals surface area (Å²) in [6, 6.07) is 9.55. The van der Waals surface area contributed by atoms with E-state index in [0.29, 0.717) is 30.0 Å². The number of nitrogens with zero attached hydrogens (tertiary/aromatic N) is 3. The molecule has 1 atom stereocenters. The molecule has 6 nitrogen and oxygen atoms in total. The molecule has 1 N–H and O–H groups in total. The summed E-state index contributed by atoms with van der Waals surface area (Å²) in [6.45, 7) is 4.08. The van der Waals surface area contributed by atoms with E-state index in [1.165, 1.54) is 6.20 Å². The SMILES string of the molecule is Cc1nc(-c2ccccc2)ncc1C(=O)N1CC[C@](C)(C(=O)O)C1. The fourth-order valence-corrected chi connectivity index (χ4v) is 2.88. The van der Waals surface area contributed by atoms with Gasteiger partial charge < -0.3 is 10.0 Å². The Hall–Kier alpha value is -2.76. The zero-order valence-electron chi connectivity index (χ0n) is 13.7. The number of carboxylic acids is 1. The van der Waals surface area contributed by atoms with Gasteiger partial charge in [0.15, 0.2) is 5.82 Å². The van der Waals surface area contributed by atoms with Crippen molar-refractivity contribution in [1.82, 2.24) is 14.9 Å². The van der Waals surface area contributed by atoms with Crippen LogP contribution >= 0.6 is 0 Å². The van der Waals surface area contributed by atoms with Crippen LogP contribution in [0.15, 0.2) is 36.5 Å². The van der Waals surface area contributed by atoms with Crippen LogP contribution in [0.3, 0.4) is 0 Å². The monoisotopic (exact) mass is 325 g/mol. The minimum Gasteiger partial charge on any atom is -0.481 e. The first-order valence-electron chi connectivity index (χ1n) is 7.82. The summed E-state index contributed by atoms with van der Waals surface area (Å²) in [7, 11) is 0. The Kier molecular flexibility index (Phi) is 4.05. The van der Waals surface area contributed by atoms with Crippen molar-refractivity contribution < 1.29 is 14.7 Å². The largest absolute Gasteiger partial charge is 0.481 e. The number of hydrogen-bond acceptors (Lipinski definition) is 4. The number of amides is 1. The zero-order valence-corrected chi connectivity index (χ0v) is 13.7. The van der Waals surface area contributed by atoms with Crippen LogP contribution in [-0.4, -0.2) is 44.9 Å². The minimum atomic E-state index is -0.881. The second-order valence-electron chi connectivity index (χ2n) is 6.40. The summed E-state index contributed by atoms with van der Waals surface area (Å²) in [5, 5.41) is 9.30. The van der Waals surface area contributed by atoms with E-state index in [1.54, 1.807) is 18.7 Å². The molecule has 6 heteroatoms. The minimum absolute atomic E-state index is 0.209. The predicted molar refractivity (Wildman–Crippen MR) is 88.5 cm³/mol. The van der Waals surface area contributed by atoms with Crippen LogP contribution in [0.25, 0.3) is 11.4 Å². The van der Waals surface area contributed by atoms with E-state index in [0.717, 1.165) is 5.56 Å². The highest BCUT2D eigenvalue weighted by Gasteiger charge is 2.42. The molecule has 0 spiro atoms. The van der Waals surface area contributed by atoms with Gasteiger partial charge in [-0.3, -0.25) is 9.59 Å². The number of rotatable bonds is 3. The van der Waals surface area contributed by atoms with Gasteiger partial charge in [-0.15, -0.1) is 0 Å². The van der Waals surface area contributed by atoms with E-state index < -0.39 is 11.4 Å². The Balaban J connectivity index is 1.83. The van der Waals surface area contributed by atoms with Gasteiger partial charge >= 0.3 is 5.97 Å². The molecule has 1 fully saturated rings. The maximum atomic E-state index is 12.7. The summed E-state index contributed by atoms with van der Waals surface area (Å²) in [6.07, 6.45) is 1.99. The molecule has 1 aromatic carbocycles. The third-order valence-corrected chi connectivity index (χ3v) is 4.52. The quantitative estimate of drug-likeness (QED) is 0.937. The lowest BCUT2D eigenvalue weighted by atomic mass is 9.90. The van der Waals surface area contributed by atoms with Crippen LogP contribution < -0.4 is 0 Å². The van der Waals surface area contributed by atoms with Crippen molar-refractivity contribution >= 4 is 11.9 Å². The Morgan fingerprint density at radius 1 is 1.25 bits per heavy atom. The third kappa shape index (κ3) is 2.87. The van der Waals surface area contributed by atoms with Crippen LogP contribution in [0.2, 0.25) is 0 Å². The Morgan fingerprint density at radius 2 is 1.96 bits per heavy atom. The van der Waals surface area contributed by atoms with Gasteiger partial charge in [-0.2, -0.15) is 0 Å². The molecule has 24 heavy (non-hydrogen) atoms. The first-order chi connectivity index (χ1) is 11.4. The van der Waals surface area contributed by atoms with Crippen molar-refractivity contribution in [3.63, 3.8) is 0 Å². The number of hydrogen-bond donors (Lipinski definition) is 1. The van der Waals surface area contributed by atoms with Gasteiger partial charge in [0.1, 0.15) is 0 Å². The van der Waals surface area contributed by atoms with Crippen LogP contribution in [0.5, 0.6) is 0 Å². The van der Waals surface area contributed by atoms with Gasteiger partial charge in [-0.1, -0.05) is 30.3 Å². The van der Waals surface area contributed by atoms with Crippen molar-refractivity contribution in [3.8, 4) is 11.4 Å². The maximum Gasteiger partial charge on any atom is 0.311 e. The fourth-order valence-electron chi connectivity index (χ4n) is 2.88. The molecule has 0 radical (unpaired) electrons. The van der Waals surface area contributed by atoms with E-state index in [9.17, 15) is 14.7 Å². The van der Waals surface area contributed by atoms with Gasteiger partial charge in [0.05, 0.1) is 16.7 Å². The summed E-state index contributed by atoms with van der Waals surface area (Å²) >= 11 is 0. The van der Waals surface area contributed by atoms with Gasteiger partial charge in [0, 0.05) is 24.8 Å². The highest BCUT2D eigenvalue weighted by Crippen LogP contribution is 2.31. The molecule has 0 unspecified atom stereocenters. The zero-order chi connectivity index (χ0) is 17.3. The summed E-state index contributed by atoms with van der Waals surface area (Å²) in [4.78, 5) is 34.3. The molecule has 0 aliphatic carbocycles. The number of benzene rings is 1. The number of aliphatic carboxylic acids is 1. The number of aryl methyl sites for hydroxylation is 1. The van der Waals surface area contributed by atoms with Crippen LogP contribution in [0.1, 0.15) is 29.4 Å². The van der Waals surface area contributed by atoms with Gasteiger partial charge in [-0.25, -0.2) is 9.97 Å². The van der Waals surface area contributed by atoms with Crippen molar-refractivity contribution in [2.75, 3.05) is 13.1 Å². The summed E-state index contributed by atoms with van der Waals surface area (Å²) in [5.74, 6) is -0.510. The number of carbonyl (C=O) groups is 2. The molecule has 1 saturated heterocycles. The molecule has 3 rings (SSSR count). The Labute approximate surface area is 140 Å². The molecule has 124 valence electrons. The van der Waals surface area contributed by atoms with Gasteiger partial charge in [0.2, 0.25) is 0 Å². The molecule has 1 aliphatic heterocycles. The molecule has 1 aromatic heterocycles. The first kappa shape index (κ1) is 16.1. The van der Waals surface area contributed by atoms with Crippen LogP contribution in [0, 0.1) is 12.3 Å². The molecule has 0 bridgehead atoms. The average molecular weight is 325 g/mol. The Bertz CT molecular complexity index is 791. The molecule has 0 saturated carbocycles. The lowest BCUT2D eigenvalue weighted by Crippen LogP contribution is -2.35. The maximum absolute atomic E-state index is 12.7. The van der Waals surface area contributed by atoms with Gasteiger partial charge in [0.25, 0.3) is 5.91 Å². The first-order valence-corrected chi connectivity index (χ1v) is 7.82. The highest BCUT2D eigenvalue weighted by molar-refractivity contribution is 5.95. The topological polar surface area (TPSA) is 83.4 Å². The normalized spacial score (nSPS) is 20.2. The number of carboxylic acid groups (broad SMARTS) is 1. The van der Waals surface area contributed by atoms with E-state index >= 15 is 0 Å². The second kappa shape index (κ2) is 6.03. The Morgan fingerprint density at radius 3 is 2.54 bits per heavy atom. The molecule has 2 aromatic rings. The van der Waals surface area contributed by atoms with Crippen molar-refractivity contribution in [2.45, 2.75) is 20.3 Å². The molecule has 2 heterocycles. The lowest BCUT2D eigenvalue weighted by Gasteiger charge is -2.20. The number of likely N-dealkylation sites (tertiary alicyclic amines) is 1. The summed E-state index contributed by atoms with van der Waals surface area (Å²) in [5.41, 5.74) is 1.02. The van der Waals surface area contributed by atoms with Gasteiger partial charge in [-0.05, 0) is 20.3 Å². The van der Waals surface area contributed by atoms with E-state index in [-0.39, 0.29) is 12.5 Å². The molecule has 1 amide bonds. The molecule has 1 aliphatic rings. The number of carbonyl (C=O) groups excluding carboxylic acids is 1. The lowest BCUT2D eigenvalue weighted by molar-refractivity contribution is -0.147. The third-order valence-electron chi connectivity index (χ3n) is 4.52. The standard InChI is InChI=1S/C18H19N3O3/c1-12-14(10-19-15(20-12)13-6-4-3-5-7-13)16(22)21-9-8-18(2,11-21)17(23)24/h3-7,10H,8-9,11H2,1-2H3,(H,23,24)/t18-/m0/s1. The van der Waals surface area contributed by atoms with E-state index in [2.05, 4.69) is 9.97 Å². The second-order valence-corrected chi connectivity index (χ2v) is 6.40. The number of aromatic nitrogens is 2. The van der Waals surface area contributed by atoms with E-state index in [1.807, 2.05) is 30.3 Å².